The van der Waals surface area contributed by atoms with Crippen LogP contribution in [0.25, 0.3) is 0 Å². The van der Waals surface area contributed by atoms with E-state index in [9.17, 15) is 35.9 Å². The Morgan fingerprint density at radius 3 is 2.36 bits per heavy atom. The fourth-order valence-electron chi connectivity index (χ4n) is 5.76. The Hall–Kier alpha value is -3.72. The number of carbonyl (C=O) groups is 1. The summed E-state index contributed by atoms with van der Waals surface area (Å²) in [4.78, 5) is 17.6. The van der Waals surface area contributed by atoms with E-state index < -0.39 is 39.5 Å². The Morgan fingerprint density at radius 2 is 1.72 bits per heavy atom. The van der Waals surface area contributed by atoms with Gasteiger partial charge in [0.15, 0.2) is 0 Å². The number of aliphatic hydroxyl groups is 1. The highest BCUT2D eigenvalue weighted by Gasteiger charge is 2.32. The van der Waals surface area contributed by atoms with E-state index in [2.05, 4.69) is 4.72 Å². The second-order valence-electron chi connectivity index (χ2n) is 13.0. The largest absolute Gasteiger partial charge is 0.490 e. The third kappa shape index (κ3) is 10.6. The maximum Gasteiger partial charge on any atom is 0.416 e. The van der Waals surface area contributed by atoms with Gasteiger partial charge in [0.25, 0.3) is 15.9 Å². The maximum atomic E-state index is 14.3. The van der Waals surface area contributed by atoms with Gasteiger partial charge in [-0.25, -0.2) is 12.8 Å². The molecule has 1 aliphatic rings. The molecule has 0 spiro atoms. The van der Waals surface area contributed by atoms with Crippen LogP contribution in [0.4, 0.5) is 23.2 Å². The number of amides is 1. The van der Waals surface area contributed by atoms with Crippen molar-refractivity contribution in [1.82, 2.24) is 9.80 Å². The minimum absolute atomic E-state index is 0.0922. The quantitative estimate of drug-likeness (QED) is 0.241. The third-order valence-corrected chi connectivity index (χ3v) is 10.1. The van der Waals surface area contributed by atoms with Crippen LogP contribution in [0.1, 0.15) is 61.5 Å². The van der Waals surface area contributed by atoms with Gasteiger partial charge in [0.1, 0.15) is 11.6 Å². The molecule has 4 rings (SSSR count). The zero-order valence-electron chi connectivity index (χ0n) is 28.6. The van der Waals surface area contributed by atoms with Crippen molar-refractivity contribution in [2.24, 2.45) is 5.92 Å². The standard InChI is InChI=1S/C36H45F4N3O6S/c1-24-20-43(25(2)23-44)35(45)32-19-30(41-50(46,47)31-15-12-29(37)13-16-31)14-17-33(32)49-26(3)7-5-6-18-48-34(24)22-42(4)21-27-8-10-28(11-9-27)36(38,39)40/h8-17,19,24-26,34,41,44H,5-7,18,20-23H2,1-4H3/t24-,25-,26+,34+/m1/s1. The molecule has 1 heterocycles. The lowest BCUT2D eigenvalue weighted by atomic mass is 10.0. The molecular weight excluding hydrogens is 678 g/mol. The van der Waals surface area contributed by atoms with Crippen LogP contribution in [0.3, 0.4) is 0 Å². The zero-order valence-corrected chi connectivity index (χ0v) is 29.4. The first-order chi connectivity index (χ1) is 23.6. The number of nitrogens with one attached hydrogen (secondary N) is 1. The fraction of sp³-hybridized carbons (Fsp3) is 0.472. The second-order valence-corrected chi connectivity index (χ2v) is 14.6. The number of sulfonamides is 1. The fourth-order valence-corrected chi connectivity index (χ4v) is 6.81. The van der Waals surface area contributed by atoms with Crippen LogP contribution in [-0.2, 0) is 27.5 Å². The first-order valence-corrected chi connectivity index (χ1v) is 18.0. The lowest BCUT2D eigenvalue weighted by Gasteiger charge is -2.36. The van der Waals surface area contributed by atoms with Gasteiger partial charge in [0.2, 0.25) is 0 Å². The first kappa shape index (κ1) is 39.1. The van der Waals surface area contributed by atoms with Gasteiger partial charge in [-0.05, 0) is 100 Å². The molecule has 2 N–H and O–H groups in total. The average molecular weight is 724 g/mol. The van der Waals surface area contributed by atoms with Gasteiger partial charge in [-0.2, -0.15) is 13.2 Å². The van der Waals surface area contributed by atoms with Gasteiger partial charge < -0.3 is 19.5 Å². The summed E-state index contributed by atoms with van der Waals surface area (Å²) in [6.07, 6.45) is -2.91. The van der Waals surface area contributed by atoms with E-state index in [-0.39, 0.29) is 53.2 Å². The van der Waals surface area contributed by atoms with Crippen LogP contribution in [0.15, 0.2) is 71.6 Å². The van der Waals surface area contributed by atoms with E-state index in [1.807, 2.05) is 25.8 Å². The molecule has 0 unspecified atom stereocenters. The van der Waals surface area contributed by atoms with Crippen molar-refractivity contribution in [3.8, 4) is 5.75 Å². The van der Waals surface area contributed by atoms with Gasteiger partial charge >= 0.3 is 6.18 Å². The number of hydrogen-bond donors (Lipinski definition) is 2. The number of carbonyl (C=O) groups excluding carboxylic acids is 1. The Bertz CT molecular complexity index is 1670. The van der Waals surface area contributed by atoms with Crippen molar-refractivity contribution >= 4 is 21.6 Å². The van der Waals surface area contributed by atoms with Crippen LogP contribution >= 0.6 is 0 Å². The summed E-state index contributed by atoms with van der Waals surface area (Å²) in [5.41, 5.74) is 0.178. The highest BCUT2D eigenvalue weighted by Crippen LogP contribution is 2.31. The lowest BCUT2D eigenvalue weighted by molar-refractivity contribution is -0.137. The molecule has 1 aliphatic heterocycles. The first-order valence-electron chi connectivity index (χ1n) is 16.5. The third-order valence-electron chi connectivity index (χ3n) is 8.65. The molecule has 3 aromatic rings. The zero-order chi connectivity index (χ0) is 36.6. The Labute approximate surface area is 291 Å². The number of aliphatic hydroxyl groups excluding tert-OH is 1. The van der Waals surface area contributed by atoms with Crippen molar-refractivity contribution in [2.45, 2.75) is 75.9 Å². The molecule has 50 heavy (non-hydrogen) atoms. The van der Waals surface area contributed by atoms with Gasteiger partial charge in [-0.1, -0.05) is 19.1 Å². The molecule has 0 radical (unpaired) electrons. The topological polar surface area (TPSA) is 108 Å². The summed E-state index contributed by atoms with van der Waals surface area (Å²) in [5.74, 6) is -1.07. The SMILES string of the molecule is C[C@@H]1CN([C@H](C)CO)C(=O)c2cc(NS(=O)(=O)c3ccc(F)cc3)ccc2O[C@@H](C)CCCCO[C@H]1CN(C)Cc1ccc(C(F)(F)F)cc1. The number of alkyl halides is 3. The number of anilines is 1. The molecule has 274 valence electrons. The summed E-state index contributed by atoms with van der Waals surface area (Å²) >= 11 is 0. The van der Waals surface area contributed by atoms with E-state index in [0.717, 1.165) is 49.2 Å². The lowest BCUT2D eigenvalue weighted by Crippen LogP contribution is -2.47. The number of rotatable bonds is 9. The summed E-state index contributed by atoms with van der Waals surface area (Å²) in [7, 11) is -2.27. The van der Waals surface area contributed by atoms with Crippen LogP contribution in [0.2, 0.25) is 0 Å². The van der Waals surface area contributed by atoms with Crippen LogP contribution in [0, 0.1) is 11.7 Å². The van der Waals surface area contributed by atoms with E-state index >= 15 is 0 Å². The van der Waals surface area contributed by atoms with Crippen LogP contribution in [0.5, 0.6) is 5.75 Å². The number of benzene rings is 3. The molecule has 4 atom stereocenters. The normalized spacial score (nSPS) is 20.5. The van der Waals surface area contributed by atoms with Gasteiger partial charge in [0.05, 0.1) is 40.9 Å². The van der Waals surface area contributed by atoms with Gasteiger partial charge in [0, 0.05) is 37.8 Å². The minimum atomic E-state index is -4.42. The highest BCUT2D eigenvalue weighted by molar-refractivity contribution is 7.92. The highest BCUT2D eigenvalue weighted by atomic mass is 32.2. The molecule has 0 aliphatic carbocycles. The number of ether oxygens (including phenoxy) is 2. The molecule has 0 saturated carbocycles. The average Bonchev–Trinajstić information content (AvgIpc) is 3.06. The van der Waals surface area contributed by atoms with Crippen molar-refractivity contribution < 1.29 is 45.4 Å². The molecule has 3 aromatic carbocycles. The predicted molar refractivity (Wildman–Crippen MR) is 182 cm³/mol. The molecule has 0 saturated heterocycles. The number of likely N-dealkylation sites (N-methyl/N-ethyl adjacent to an activating group) is 1. The van der Waals surface area contributed by atoms with E-state index in [0.29, 0.717) is 31.7 Å². The Balaban J connectivity index is 1.61. The van der Waals surface area contributed by atoms with E-state index in [1.54, 1.807) is 6.92 Å². The molecule has 9 nitrogen and oxygen atoms in total. The van der Waals surface area contributed by atoms with Crippen LogP contribution < -0.4 is 9.46 Å². The molecule has 0 aromatic heterocycles. The van der Waals surface area contributed by atoms with Crippen molar-refractivity contribution in [3.63, 3.8) is 0 Å². The Morgan fingerprint density at radius 1 is 1.04 bits per heavy atom. The minimum Gasteiger partial charge on any atom is -0.490 e. The van der Waals surface area contributed by atoms with Crippen molar-refractivity contribution in [3.05, 3.63) is 89.2 Å². The summed E-state index contributed by atoms with van der Waals surface area (Å²) < 4.78 is 93.8. The van der Waals surface area contributed by atoms with Crippen molar-refractivity contribution in [2.75, 3.05) is 38.1 Å². The number of hydrogen-bond acceptors (Lipinski definition) is 7. The summed E-state index contributed by atoms with van der Waals surface area (Å²) in [6.45, 7) is 6.57. The summed E-state index contributed by atoms with van der Waals surface area (Å²) in [6, 6.07) is 13.2. The molecule has 0 bridgehead atoms. The molecule has 1 amide bonds. The number of nitrogens with zero attached hydrogens (tertiary/aromatic N) is 2. The van der Waals surface area contributed by atoms with E-state index in [1.165, 1.54) is 35.2 Å². The smallest absolute Gasteiger partial charge is 0.416 e. The molecule has 0 fully saturated rings. The van der Waals surface area contributed by atoms with Crippen LogP contribution in [-0.4, -0.2) is 80.8 Å². The predicted octanol–water partition coefficient (Wildman–Crippen LogP) is 6.57. The van der Waals surface area contributed by atoms with Gasteiger partial charge in [-0.3, -0.25) is 14.4 Å². The number of fused-ring (bicyclic) bond motifs is 1. The summed E-state index contributed by atoms with van der Waals surface area (Å²) in [5, 5.41) is 10.2. The number of halogens is 4. The van der Waals surface area contributed by atoms with E-state index in [4.69, 9.17) is 9.47 Å². The monoisotopic (exact) mass is 723 g/mol. The molecular formula is C36H45F4N3O6S. The second kappa shape index (κ2) is 17.0. The van der Waals surface area contributed by atoms with Gasteiger partial charge in [-0.15, -0.1) is 0 Å². The molecule has 14 heteroatoms. The van der Waals surface area contributed by atoms with Crippen molar-refractivity contribution in [1.29, 1.82) is 0 Å². The Kier molecular flexibility index (Phi) is 13.3. The maximum absolute atomic E-state index is 14.3.